The minimum atomic E-state index is -3.36. The fraction of sp³-hybridized carbons (Fsp3) is 0.400. The number of rotatable bonds is 3. The van der Waals surface area contributed by atoms with Gasteiger partial charge in [0.1, 0.15) is 0 Å². The SMILES string of the molecule is Cc1ccc(CN)cc1S(=O)(=O)N(C)C. The second-order valence-electron chi connectivity index (χ2n) is 3.59. The minimum Gasteiger partial charge on any atom is -0.326 e. The van der Waals surface area contributed by atoms with Crippen molar-refractivity contribution in [3.8, 4) is 0 Å². The zero-order chi connectivity index (χ0) is 11.6. The first kappa shape index (κ1) is 12.2. The van der Waals surface area contributed by atoms with E-state index in [0.717, 1.165) is 11.1 Å². The van der Waals surface area contributed by atoms with Crippen LogP contribution in [-0.2, 0) is 16.6 Å². The molecule has 0 saturated carbocycles. The minimum absolute atomic E-state index is 0.329. The molecule has 0 bridgehead atoms. The molecule has 0 aliphatic carbocycles. The van der Waals surface area contributed by atoms with Crippen molar-refractivity contribution in [3.05, 3.63) is 29.3 Å². The summed E-state index contributed by atoms with van der Waals surface area (Å²) in [6.07, 6.45) is 0. The molecule has 0 fully saturated rings. The van der Waals surface area contributed by atoms with Crippen LogP contribution in [0.25, 0.3) is 0 Å². The van der Waals surface area contributed by atoms with E-state index in [-0.39, 0.29) is 0 Å². The lowest BCUT2D eigenvalue weighted by atomic mass is 10.1. The van der Waals surface area contributed by atoms with Gasteiger partial charge < -0.3 is 5.73 Å². The Kier molecular flexibility index (Phi) is 3.49. The Morgan fingerprint density at radius 2 is 1.93 bits per heavy atom. The Morgan fingerprint density at radius 3 is 2.40 bits per heavy atom. The highest BCUT2D eigenvalue weighted by Crippen LogP contribution is 2.19. The molecule has 5 heteroatoms. The Balaban J connectivity index is 3.37. The third-order valence-electron chi connectivity index (χ3n) is 2.25. The van der Waals surface area contributed by atoms with E-state index >= 15 is 0 Å². The summed E-state index contributed by atoms with van der Waals surface area (Å²) in [7, 11) is -0.327. The zero-order valence-electron chi connectivity index (χ0n) is 9.19. The maximum absolute atomic E-state index is 11.9. The molecule has 4 nitrogen and oxygen atoms in total. The van der Waals surface area contributed by atoms with Crippen LogP contribution in [0.5, 0.6) is 0 Å². The molecule has 15 heavy (non-hydrogen) atoms. The van der Waals surface area contributed by atoms with E-state index in [9.17, 15) is 8.42 Å². The standard InChI is InChI=1S/C10H16N2O2S/c1-8-4-5-9(7-11)6-10(8)15(13,14)12(2)3/h4-6H,7,11H2,1-3H3. The molecule has 0 heterocycles. The average molecular weight is 228 g/mol. The molecule has 0 unspecified atom stereocenters. The van der Waals surface area contributed by atoms with E-state index in [4.69, 9.17) is 5.73 Å². The molecule has 2 N–H and O–H groups in total. The lowest BCUT2D eigenvalue weighted by Gasteiger charge is -2.14. The highest BCUT2D eigenvalue weighted by Gasteiger charge is 2.19. The van der Waals surface area contributed by atoms with Crippen molar-refractivity contribution in [2.45, 2.75) is 18.4 Å². The monoisotopic (exact) mass is 228 g/mol. The van der Waals surface area contributed by atoms with Crippen molar-refractivity contribution in [3.63, 3.8) is 0 Å². The summed E-state index contributed by atoms with van der Waals surface area (Å²) < 4.78 is 25.0. The van der Waals surface area contributed by atoms with Crippen LogP contribution in [0.15, 0.2) is 23.1 Å². The van der Waals surface area contributed by atoms with Gasteiger partial charge in [0.15, 0.2) is 0 Å². The Bertz CT molecular complexity index is 452. The van der Waals surface area contributed by atoms with Crippen LogP contribution in [0.4, 0.5) is 0 Å². The summed E-state index contributed by atoms with van der Waals surface area (Å²) in [6.45, 7) is 2.12. The first-order valence-electron chi connectivity index (χ1n) is 4.61. The Labute approximate surface area is 90.8 Å². The predicted molar refractivity (Wildman–Crippen MR) is 59.9 cm³/mol. The molecule has 1 aromatic rings. The van der Waals surface area contributed by atoms with Gasteiger partial charge in [0.2, 0.25) is 10.0 Å². The molecule has 0 radical (unpaired) electrons. The predicted octanol–water partition coefficient (Wildman–Crippen LogP) is 0.704. The van der Waals surface area contributed by atoms with Crippen molar-refractivity contribution < 1.29 is 8.42 Å². The van der Waals surface area contributed by atoms with Gasteiger partial charge in [-0.3, -0.25) is 0 Å². The summed E-state index contributed by atoms with van der Waals surface area (Å²) in [5, 5.41) is 0. The quantitative estimate of drug-likeness (QED) is 0.828. The van der Waals surface area contributed by atoms with Crippen molar-refractivity contribution in [2.24, 2.45) is 5.73 Å². The summed E-state index contributed by atoms with van der Waals surface area (Å²) in [6, 6.07) is 5.24. The number of nitrogens with zero attached hydrogens (tertiary/aromatic N) is 1. The molecular weight excluding hydrogens is 212 g/mol. The highest BCUT2D eigenvalue weighted by molar-refractivity contribution is 7.89. The van der Waals surface area contributed by atoms with Gasteiger partial charge in [-0.1, -0.05) is 12.1 Å². The number of benzene rings is 1. The third-order valence-corrected chi connectivity index (χ3v) is 4.20. The van der Waals surface area contributed by atoms with Gasteiger partial charge in [-0.2, -0.15) is 0 Å². The number of hydrogen-bond donors (Lipinski definition) is 1. The second kappa shape index (κ2) is 4.30. The largest absolute Gasteiger partial charge is 0.326 e. The molecular formula is C10H16N2O2S. The normalized spacial score (nSPS) is 12.1. The molecule has 1 rings (SSSR count). The summed E-state index contributed by atoms with van der Waals surface area (Å²) in [5.74, 6) is 0. The highest BCUT2D eigenvalue weighted by atomic mass is 32.2. The summed E-state index contributed by atoms with van der Waals surface area (Å²) >= 11 is 0. The topological polar surface area (TPSA) is 63.4 Å². The van der Waals surface area contributed by atoms with Gasteiger partial charge >= 0.3 is 0 Å². The molecule has 0 spiro atoms. The lowest BCUT2D eigenvalue weighted by Crippen LogP contribution is -2.23. The van der Waals surface area contributed by atoms with Crippen LogP contribution in [0.3, 0.4) is 0 Å². The molecule has 0 aromatic heterocycles. The Morgan fingerprint density at radius 1 is 1.33 bits per heavy atom. The van der Waals surface area contributed by atoms with E-state index in [2.05, 4.69) is 0 Å². The fourth-order valence-corrected chi connectivity index (χ4v) is 2.41. The van der Waals surface area contributed by atoms with Gasteiger partial charge in [-0.05, 0) is 24.1 Å². The average Bonchev–Trinajstić information content (AvgIpc) is 2.18. The zero-order valence-corrected chi connectivity index (χ0v) is 10.0. The molecule has 84 valence electrons. The number of sulfonamides is 1. The molecule has 0 amide bonds. The van der Waals surface area contributed by atoms with Crippen LogP contribution in [0, 0.1) is 6.92 Å². The van der Waals surface area contributed by atoms with Crippen molar-refractivity contribution in [1.82, 2.24) is 4.31 Å². The number of nitrogens with two attached hydrogens (primary N) is 1. The first-order valence-corrected chi connectivity index (χ1v) is 6.05. The molecule has 1 aromatic carbocycles. The lowest BCUT2D eigenvalue weighted by molar-refractivity contribution is 0.520. The number of hydrogen-bond acceptors (Lipinski definition) is 3. The van der Waals surface area contributed by atoms with E-state index in [1.165, 1.54) is 18.4 Å². The van der Waals surface area contributed by atoms with Crippen molar-refractivity contribution in [1.29, 1.82) is 0 Å². The van der Waals surface area contributed by atoms with Gasteiger partial charge in [0.05, 0.1) is 4.90 Å². The van der Waals surface area contributed by atoms with Gasteiger partial charge in [0, 0.05) is 20.6 Å². The number of aryl methyl sites for hydroxylation is 1. The molecule has 0 aliphatic rings. The molecule has 0 atom stereocenters. The second-order valence-corrected chi connectivity index (χ2v) is 5.71. The summed E-state index contributed by atoms with van der Waals surface area (Å²) in [4.78, 5) is 0.329. The smallest absolute Gasteiger partial charge is 0.242 e. The van der Waals surface area contributed by atoms with Crippen LogP contribution in [0.1, 0.15) is 11.1 Å². The third kappa shape index (κ3) is 2.37. The van der Waals surface area contributed by atoms with Gasteiger partial charge in [-0.15, -0.1) is 0 Å². The van der Waals surface area contributed by atoms with Crippen LogP contribution in [-0.4, -0.2) is 26.8 Å². The molecule has 0 saturated heterocycles. The van der Waals surface area contributed by atoms with Crippen molar-refractivity contribution >= 4 is 10.0 Å². The van der Waals surface area contributed by atoms with E-state index in [1.54, 1.807) is 19.1 Å². The van der Waals surface area contributed by atoms with E-state index < -0.39 is 10.0 Å². The van der Waals surface area contributed by atoms with Gasteiger partial charge in [0.25, 0.3) is 0 Å². The van der Waals surface area contributed by atoms with Crippen molar-refractivity contribution in [2.75, 3.05) is 14.1 Å². The maximum Gasteiger partial charge on any atom is 0.242 e. The summed E-state index contributed by atoms with van der Waals surface area (Å²) in [5.41, 5.74) is 7.04. The van der Waals surface area contributed by atoms with E-state index in [0.29, 0.717) is 11.4 Å². The van der Waals surface area contributed by atoms with Crippen LogP contribution < -0.4 is 5.73 Å². The Hall–Kier alpha value is -0.910. The first-order chi connectivity index (χ1) is 6.89. The van der Waals surface area contributed by atoms with Gasteiger partial charge in [-0.25, -0.2) is 12.7 Å². The fourth-order valence-electron chi connectivity index (χ4n) is 1.25. The van der Waals surface area contributed by atoms with E-state index in [1.807, 2.05) is 6.07 Å². The molecule has 0 aliphatic heterocycles. The van der Waals surface area contributed by atoms with Crippen LogP contribution >= 0.6 is 0 Å². The maximum atomic E-state index is 11.9. The van der Waals surface area contributed by atoms with Crippen LogP contribution in [0.2, 0.25) is 0 Å².